The van der Waals surface area contributed by atoms with E-state index in [0.29, 0.717) is 12.3 Å². The lowest BCUT2D eigenvalue weighted by atomic mass is 10.1. The summed E-state index contributed by atoms with van der Waals surface area (Å²) in [5.41, 5.74) is 0. The van der Waals surface area contributed by atoms with E-state index in [1.165, 1.54) is 0 Å². The Bertz CT molecular complexity index is 310. The maximum absolute atomic E-state index is 11.9. The molecule has 0 aromatic carbocycles. The molecule has 2 fully saturated rings. The van der Waals surface area contributed by atoms with Gasteiger partial charge in [0, 0.05) is 31.6 Å². The maximum atomic E-state index is 11.9. The number of aliphatic carboxylic acids is 1. The lowest BCUT2D eigenvalue weighted by Crippen LogP contribution is -2.54. The smallest absolute Gasteiger partial charge is 0.321 e. The van der Waals surface area contributed by atoms with Gasteiger partial charge in [-0.15, -0.1) is 0 Å². The molecule has 0 aromatic heterocycles. The Hall–Kier alpha value is -0.750. The lowest BCUT2D eigenvalue weighted by molar-refractivity contribution is -0.145. The summed E-state index contributed by atoms with van der Waals surface area (Å²) in [4.78, 5) is 26.5. The van der Waals surface area contributed by atoms with Crippen LogP contribution >= 0.6 is 11.8 Å². The van der Waals surface area contributed by atoms with Crippen molar-refractivity contribution < 1.29 is 14.7 Å². The minimum Gasteiger partial charge on any atom is -0.480 e. The summed E-state index contributed by atoms with van der Waals surface area (Å²) in [5.74, 6) is 0.757. The maximum Gasteiger partial charge on any atom is 0.321 e. The van der Waals surface area contributed by atoms with Crippen molar-refractivity contribution in [2.24, 2.45) is 0 Å². The highest BCUT2D eigenvalue weighted by Gasteiger charge is 2.40. The third kappa shape index (κ3) is 2.04. The molecule has 2 aliphatic rings. The summed E-state index contributed by atoms with van der Waals surface area (Å²) < 4.78 is 0. The molecule has 0 aliphatic carbocycles. The van der Waals surface area contributed by atoms with Gasteiger partial charge >= 0.3 is 5.97 Å². The molecule has 1 N–H and O–H groups in total. The van der Waals surface area contributed by atoms with E-state index in [1.807, 2.05) is 4.90 Å². The van der Waals surface area contributed by atoms with Gasteiger partial charge in [-0.1, -0.05) is 0 Å². The van der Waals surface area contributed by atoms with Crippen molar-refractivity contribution in [2.45, 2.75) is 18.5 Å². The van der Waals surface area contributed by atoms with Gasteiger partial charge in [-0.3, -0.25) is 14.5 Å². The second-order valence-corrected chi connectivity index (χ2v) is 5.38. The van der Waals surface area contributed by atoms with Gasteiger partial charge in [0.05, 0.1) is 6.04 Å². The third-order valence-corrected chi connectivity index (χ3v) is 4.28. The van der Waals surface area contributed by atoms with E-state index in [2.05, 4.69) is 0 Å². The van der Waals surface area contributed by atoms with Crippen molar-refractivity contribution in [2.75, 3.05) is 31.6 Å². The Morgan fingerprint density at radius 1 is 1.50 bits per heavy atom. The monoisotopic (exact) mass is 244 g/mol. The molecule has 0 bridgehead atoms. The van der Waals surface area contributed by atoms with Crippen LogP contribution in [-0.2, 0) is 9.59 Å². The van der Waals surface area contributed by atoms with Crippen molar-refractivity contribution in [1.29, 1.82) is 0 Å². The molecule has 2 rings (SSSR count). The molecule has 0 spiro atoms. The zero-order valence-corrected chi connectivity index (χ0v) is 10.1. The number of likely N-dealkylation sites (tertiary alicyclic amines) is 1. The second-order valence-electron chi connectivity index (χ2n) is 4.23. The van der Waals surface area contributed by atoms with Crippen LogP contribution in [0.4, 0.5) is 0 Å². The number of amides is 1. The molecule has 2 heterocycles. The van der Waals surface area contributed by atoms with E-state index in [9.17, 15) is 9.59 Å². The number of carboxylic acids is 1. The third-order valence-electron chi connectivity index (χ3n) is 3.25. The largest absolute Gasteiger partial charge is 0.480 e. The van der Waals surface area contributed by atoms with Crippen LogP contribution in [0.3, 0.4) is 0 Å². The van der Waals surface area contributed by atoms with Crippen molar-refractivity contribution in [3.63, 3.8) is 0 Å². The zero-order valence-electron chi connectivity index (χ0n) is 9.26. The van der Waals surface area contributed by atoms with E-state index in [0.717, 1.165) is 18.7 Å². The molecule has 90 valence electrons. The molecule has 0 radical (unpaired) electrons. The quantitative estimate of drug-likeness (QED) is 0.724. The topological polar surface area (TPSA) is 60.9 Å². The number of carbonyl (C=O) groups excluding carboxylic acids is 1. The van der Waals surface area contributed by atoms with Crippen LogP contribution in [0.5, 0.6) is 0 Å². The van der Waals surface area contributed by atoms with Crippen LogP contribution in [0.2, 0.25) is 0 Å². The first-order valence-corrected chi connectivity index (χ1v) is 6.58. The highest BCUT2D eigenvalue weighted by atomic mass is 32.2. The molecular weight excluding hydrogens is 228 g/mol. The number of hydrogen-bond acceptors (Lipinski definition) is 4. The SMILES string of the molecule is CN1CCC(N2CCSCC2C(=O)O)C1=O. The summed E-state index contributed by atoms with van der Waals surface area (Å²) in [6, 6.07) is -0.716. The van der Waals surface area contributed by atoms with Crippen LogP contribution in [0.25, 0.3) is 0 Å². The highest BCUT2D eigenvalue weighted by Crippen LogP contribution is 2.24. The normalized spacial score (nSPS) is 32.1. The molecule has 6 heteroatoms. The Morgan fingerprint density at radius 3 is 2.81 bits per heavy atom. The van der Waals surface area contributed by atoms with Gasteiger partial charge < -0.3 is 10.0 Å². The van der Waals surface area contributed by atoms with E-state index in [4.69, 9.17) is 5.11 Å². The van der Waals surface area contributed by atoms with Crippen LogP contribution in [0.1, 0.15) is 6.42 Å². The van der Waals surface area contributed by atoms with Gasteiger partial charge in [-0.2, -0.15) is 11.8 Å². The minimum absolute atomic E-state index is 0.0677. The molecule has 0 aromatic rings. The number of carboxylic acid groups (broad SMARTS) is 1. The fourth-order valence-electron chi connectivity index (χ4n) is 2.31. The average molecular weight is 244 g/mol. The van der Waals surface area contributed by atoms with Gasteiger partial charge in [-0.25, -0.2) is 0 Å². The molecule has 1 amide bonds. The molecule has 2 saturated heterocycles. The van der Waals surface area contributed by atoms with Crippen molar-refractivity contribution in [3.05, 3.63) is 0 Å². The minimum atomic E-state index is -0.811. The molecule has 5 nitrogen and oxygen atoms in total. The highest BCUT2D eigenvalue weighted by molar-refractivity contribution is 7.99. The van der Waals surface area contributed by atoms with Crippen molar-refractivity contribution in [3.8, 4) is 0 Å². The number of rotatable bonds is 2. The van der Waals surface area contributed by atoms with E-state index < -0.39 is 12.0 Å². The summed E-state index contributed by atoms with van der Waals surface area (Å²) in [7, 11) is 1.77. The van der Waals surface area contributed by atoms with Crippen LogP contribution < -0.4 is 0 Å². The van der Waals surface area contributed by atoms with E-state index in [1.54, 1.807) is 23.7 Å². The van der Waals surface area contributed by atoms with E-state index >= 15 is 0 Å². The molecule has 16 heavy (non-hydrogen) atoms. The zero-order chi connectivity index (χ0) is 11.7. The Kier molecular flexibility index (Phi) is 3.39. The van der Waals surface area contributed by atoms with Gasteiger partial charge in [-0.05, 0) is 6.42 Å². The number of nitrogens with zero attached hydrogens (tertiary/aromatic N) is 2. The standard InChI is InChI=1S/C10H16N2O3S/c1-11-3-2-7(9(11)13)12-4-5-16-6-8(12)10(14)15/h7-8H,2-6H2,1H3,(H,14,15). The molecular formula is C10H16N2O3S. The predicted molar refractivity (Wildman–Crippen MR) is 61.5 cm³/mol. The first-order valence-electron chi connectivity index (χ1n) is 5.42. The molecule has 2 unspecified atom stereocenters. The van der Waals surface area contributed by atoms with Crippen LogP contribution in [-0.4, -0.2) is 70.5 Å². The van der Waals surface area contributed by atoms with Crippen molar-refractivity contribution in [1.82, 2.24) is 9.80 Å². The summed E-state index contributed by atoms with van der Waals surface area (Å²) in [5, 5.41) is 9.14. The first-order chi connectivity index (χ1) is 7.61. The van der Waals surface area contributed by atoms with Crippen molar-refractivity contribution >= 4 is 23.6 Å². The summed E-state index contributed by atoms with van der Waals surface area (Å²) in [6.07, 6.45) is 0.754. The van der Waals surface area contributed by atoms with Gasteiger partial charge in [0.2, 0.25) is 5.91 Å². The van der Waals surface area contributed by atoms with Gasteiger partial charge in [0.25, 0.3) is 0 Å². The van der Waals surface area contributed by atoms with E-state index in [-0.39, 0.29) is 11.9 Å². The number of hydrogen-bond donors (Lipinski definition) is 1. The molecule has 2 aliphatic heterocycles. The summed E-state index contributed by atoms with van der Waals surface area (Å²) >= 11 is 1.65. The predicted octanol–water partition coefficient (Wildman–Crippen LogP) is -0.281. The number of thioether (sulfide) groups is 1. The summed E-state index contributed by atoms with van der Waals surface area (Å²) in [6.45, 7) is 1.44. The fraction of sp³-hybridized carbons (Fsp3) is 0.800. The van der Waals surface area contributed by atoms with Crippen LogP contribution in [0.15, 0.2) is 0 Å². The number of carbonyl (C=O) groups is 2. The first kappa shape index (κ1) is 11.7. The van der Waals surface area contributed by atoms with Gasteiger partial charge in [0.1, 0.15) is 6.04 Å². The molecule has 0 saturated carbocycles. The van der Waals surface area contributed by atoms with Crippen LogP contribution in [0, 0.1) is 0 Å². The Balaban J connectivity index is 2.11. The lowest BCUT2D eigenvalue weighted by Gasteiger charge is -2.35. The van der Waals surface area contributed by atoms with Gasteiger partial charge in [0.15, 0.2) is 0 Å². The number of likely N-dealkylation sites (N-methyl/N-ethyl adjacent to an activating group) is 1. The Labute approximate surface area is 98.8 Å². The molecule has 2 atom stereocenters. The fourth-order valence-corrected chi connectivity index (χ4v) is 3.38. The second kappa shape index (κ2) is 4.63. The average Bonchev–Trinajstić information content (AvgIpc) is 2.60. The Morgan fingerprint density at radius 2 is 2.25 bits per heavy atom.